The van der Waals surface area contributed by atoms with Gasteiger partial charge in [0.05, 0.1) is 0 Å². The summed E-state index contributed by atoms with van der Waals surface area (Å²) in [7, 11) is 0. The summed E-state index contributed by atoms with van der Waals surface area (Å²) in [5, 5.41) is 2.12. The van der Waals surface area contributed by atoms with Crippen LogP contribution in [0.4, 0.5) is 5.69 Å². The van der Waals surface area contributed by atoms with Crippen molar-refractivity contribution in [1.82, 2.24) is 0 Å². The van der Waals surface area contributed by atoms with Crippen molar-refractivity contribution >= 4 is 22.4 Å². The van der Waals surface area contributed by atoms with E-state index in [9.17, 15) is 4.79 Å². The average Bonchev–Trinajstić information content (AvgIpc) is 2.86. The zero-order valence-corrected chi connectivity index (χ0v) is 13.4. The molecule has 3 aromatic rings. The molecule has 0 N–H and O–H groups in total. The van der Waals surface area contributed by atoms with Crippen LogP contribution in [0.1, 0.15) is 29.8 Å². The smallest absolute Gasteiger partial charge is 0.258 e. The Kier molecular flexibility index (Phi) is 3.02. The lowest BCUT2D eigenvalue weighted by Crippen LogP contribution is -2.34. The molecule has 2 heteroatoms. The highest BCUT2D eigenvalue weighted by molar-refractivity contribution is 6.15. The van der Waals surface area contributed by atoms with Gasteiger partial charge in [-0.3, -0.25) is 4.79 Å². The van der Waals surface area contributed by atoms with E-state index in [2.05, 4.69) is 19.9 Å². The molecule has 0 aliphatic carbocycles. The van der Waals surface area contributed by atoms with E-state index >= 15 is 0 Å². The van der Waals surface area contributed by atoms with Gasteiger partial charge in [0.15, 0.2) is 0 Å². The number of hydrogen-bond acceptors (Lipinski definition) is 1. The molecule has 0 unspecified atom stereocenters. The lowest BCUT2D eigenvalue weighted by atomic mass is 9.87. The zero-order chi connectivity index (χ0) is 16.0. The van der Waals surface area contributed by atoms with Crippen LogP contribution < -0.4 is 4.90 Å². The maximum atomic E-state index is 13.2. The van der Waals surface area contributed by atoms with Crippen LogP contribution in [0.3, 0.4) is 0 Å². The number of carbonyl (C=O) groups excluding carboxylic acids is 1. The first-order chi connectivity index (χ1) is 11.1. The first-order valence-corrected chi connectivity index (χ1v) is 7.97. The molecule has 0 saturated heterocycles. The fourth-order valence-electron chi connectivity index (χ4n) is 3.59. The van der Waals surface area contributed by atoms with Crippen molar-refractivity contribution in [3.05, 3.63) is 77.9 Å². The van der Waals surface area contributed by atoms with E-state index in [1.807, 2.05) is 65.6 Å². The molecule has 3 aromatic carbocycles. The molecule has 1 amide bonds. The zero-order valence-electron chi connectivity index (χ0n) is 13.4. The summed E-state index contributed by atoms with van der Waals surface area (Å²) < 4.78 is 0. The molecule has 23 heavy (non-hydrogen) atoms. The minimum Gasteiger partial charge on any atom is -0.307 e. The van der Waals surface area contributed by atoms with Gasteiger partial charge in [-0.25, -0.2) is 0 Å². The molecule has 2 nitrogen and oxygen atoms in total. The number of rotatable bonds is 1. The molecule has 0 spiro atoms. The van der Waals surface area contributed by atoms with Crippen LogP contribution in [0.25, 0.3) is 10.8 Å². The summed E-state index contributed by atoms with van der Waals surface area (Å²) in [6, 6.07) is 22.2. The first-order valence-electron chi connectivity index (χ1n) is 7.97. The van der Waals surface area contributed by atoms with Crippen molar-refractivity contribution in [3.63, 3.8) is 0 Å². The Hall–Kier alpha value is -2.61. The number of carbonyl (C=O) groups is 1. The van der Waals surface area contributed by atoms with Crippen LogP contribution in [-0.4, -0.2) is 12.5 Å². The maximum absolute atomic E-state index is 13.2. The lowest BCUT2D eigenvalue weighted by Gasteiger charge is -2.21. The molecule has 1 aliphatic rings. The molecule has 0 saturated carbocycles. The van der Waals surface area contributed by atoms with Gasteiger partial charge in [-0.05, 0) is 28.5 Å². The van der Waals surface area contributed by atoms with Gasteiger partial charge in [0.2, 0.25) is 0 Å². The second-order valence-electron chi connectivity index (χ2n) is 6.82. The molecule has 0 radical (unpaired) electrons. The van der Waals surface area contributed by atoms with E-state index in [4.69, 9.17) is 0 Å². The summed E-state index contributed by atoms with van der Waals surface area (Å²) in [4.78, 5) is 15.2. The Labute approximate surface area is 136 Å². The van der Waals surface area contributed by atoms with Crippen molar-refractivity contribution in [2.45, 2.75) is 19.3 Å². The number of fused-ring (bicyclic) bond motifs is 2. The lowest BCUT2D eigenvalue weighted by molar-refractivity contribution is 0.0987. The summed E-state index contributed by atoms with van der Waals surface area (Å²) in [5.41, 5.74) is 3.04. The van der Waals surface area contributed by atoms with Crippen molar-refractivity contribution in [1.29, 1.82) is 0 Å². The highest BCUT2D eigenvalue weighted by Gasteiger charge is 2.38. The number of amides is 1. The highest BCUT2D eigenvalue weighted by atomic mass is 16.2. The number of hydrogen-bond donors (Lipinski definition) is 0. The van der Waals surface area contributed by atoms with E-state index in [1.165, 1.54) is 5.56 Å². The van der Waals surface area contributed by atoms with E-state index in [-0.39, 0.29) is 11.3 Å². The summed E-state index contributed by atoms with van der Waals surface area (Å²) >= 11 is 0. The van der Waals surface area contributed by atoms with Crippen LogP contribution in [0, 0.1) is 0 Å². The molecule has 0 fully saturated rings. The molecule has 0 atom stereocenters. The third-order valence-electron chi connectivity index (χ3n) is 4.74. The van der Waals surface area contributed by atoms with Crippen LogP contribution in [0.15, 0.2) is 66.7 Å². The third-order valence-corrected chi connectivity index (χ3v) is 4.74. The van der Waals surface area contributed by atoms with Crippen molar-refractivity contribution in [2.75, 3.05) is 11.4 Å². The SMILES string of the molecule is CC1(C)CN(C(=O)c2cccc3ccccc23)c2ccccc21. The van der Waals surface area contributed by atoms with Gasteiger partial charge in [-0.2, -0.15) is 0 Å². The Morgan fingerprint density at radius 3 is 2.48 bits per heavy atom. The van der Waals surface area contributed by atoms with Gasteiger partial charge in [0.25, 0.3) is 5.91 Å². The molecule has 1 heterocycles. The number of para-hydroxylation sites is 1. The molecule has 0 bridgehead atoms. The second-order valence-corrected chi connectivity index (χ2v) is 6.82. The monoisotopic (exact) mass is 301 g/mol. The van der Waals surface area contributed by atoms with Gasteiger partial charge in [-0.15, -0.1) is 0 Å². The maximum Gasteiger partial charge on any atom is 0.258 e. The summed E-state index contributed by atoms with van der Waals surface area (Å²) in [5.74, 6) is 0.0832. The van der Waals surface area contributed by atoms with Gasteiger partial charge < -0.3 is 4.90 Å². The van der Waals surface area contributed by atoms with Crippen molar-refractivity contribution in [2.24, 2.45) is 0 Å². The molecular weight excluding hydrogens is 282 g/mol. The Morgan fingerprint density at radius 2 is 1.61 bits per heavy atom. The minimum absolute atomic E-state index is 0.0170. The molecule has 1 aliphatic heterocycles. The summed E-state index contributed by atoms with van der Waals surface area (Å²) in [6.07, 6.45) is 0. The van der Waals surface area contributed by atoms with Crippen LogP contribution in [-0.2, 0) is 5.41 Å². The van der Waals surface area contributed by atoms with E-state index in [0.29, 0.717) is 6.54 Å². The van der Waals surface area contributed by atoms with E-state index in [0.717, 1.165) is 22.0 Å². The van der Waals surface area contributed by atoms with Crippen molar-refractivity contribution < 1.29 is 4.79 Å². The molecular formula is C21H19NO. The largest absolute Gasteiger partial charge is 0.307 e. The third kappa shape index (κ3) is 2.14. The van der Waals surface area contributed by atoms with Gasteiger partial charge in [0, 0.05) is 23.2 Å². The fraction of sp³-hybridized carbons (Fsp3) is 0.190. The van der Waals surface area contributed by atoms with Gasteiger partial charge in [0.1, 0.15) is 0 Å². The standard InChI is InChI=1S/C21H19NO/c1-21(2)14-22(19-13-6-5-12-18(19)21)20(23)17-11-7-9-15-8-3-4-10-16(15)17/h3-13H,14H2,1-2H3. The number of benzene rings is 3. The fourth-order valence-corrected chi connectivity index (χ4v) is 3.59. The highest BCUT2D eigenvalue weighted by Crippen LogP contribution is 2.41. The van der Waals surface area contributed by atoms with Crippen LogP contribution in [0.5, 0.6) is 0 Å². The Balaban J connectivity index is 1.84. The van der Waals surface area contributed by atoms with Gasteiger partial charge >= 0.3 is 0 Å². The Morgan fingerprint density at radius 1 is 0.913 bits per heavy atom. The second kappa shape index (κ2) is 4.95. The van der Waals surface area contributed by atoms with Crippen LogP contribution in [0.2, 0.25) is 0 Å². The summed E-state index contributed by atoms with van der Waals surface area (Å²) in [6.45, 7) is 5.11. The molecule has 0 aromatic heterocycles. The predicted octanol–water partition coefficient (Wildman–Crippen LogP) is 4.78. The first kappa shape index (κ1) is 14.0. The number of anilines is 1. The normalized spacial score (nSPS) is 15.7. The Bertz CT molecular complexity index is 905. The average molecular weight is 301 g/mol. The number of nitrogens with zero attached hydrogens (tertiary/aromatic N) is 1. The predicted molar refractivity (Wildman–Crippen MR) is 95.1 cm³/mol. The van der Waals surface area contributed by atoms with Gasteiger partial charge in [-0.1, -0.05) is 68.4 Å². The topological polar surface area (TPSA) is 20.3 Å². The van der Waals surface area contributed by atoms with Crippen LogP contribution >= 0.6 is 0 Å². The van der Waals surface area contributed by atoms with E-state index in [1.54, 1.807) is 0 Å². The molecule has 4 rings (SSSR count). The molecule has 114 valence electrons. The minimum atomic E-state index is -0.0170. The van der Waals surface area contributed by atoms with Crippen molar-refractivity contribution in [3.8, 4) is 0 Å². The van der Waals surface area contributed by atoms with E-state index < -0.39 is 0 Å². The quantitative estimate of drug-likeness (QED) is 0.633.